The van der Waals surface area contributed by atoms with Crippen molar-refractivity contribution in [2.45, 2.75) is 51.7 Å². The number of aryl methyl sites for hydroxylation is 1. The molecule has 1 amide bonds. The van der Waals surface area contributed by atoms with Crippen LogP contribution < -0.4 is 20.9 Å². The summed E-state index contributed by atoms with van der Waals surface area (Å²) in [6.45, 7) is 7.18. The lowest BCUT2D eigenvalue weighted by atomic mass is 10.1. The first-order valence-corrected chi connectivity index (χ1v) is 11.4. The number of amides is 1. The Morgan fingerprint density at radius 1 is 1.35 bits per heavy atom. The van der Waals surface area contributed by atoms with E-state index in [9.17, 15) is 10.1 Å². The molecule has 2 bridgehead atoms. The zero-order valence-electron chi connectivity index (χ0n) is 19.3. The second-order valence-electron chi connectivity index (χ2n) is 8.61. The fourth-order valence-corrected chi connectivity index (χ4v) is 4.53. The molecule has 1 aromatic heterocycles. The maximum absolute atomic E-state index is 12.7. The van der Waals surface area contributed by atoms with Crippen LogP contribution in [0, 0.1) is 18.3 Å². The van der Waals surface area contributed by atoms with Gasteiger partial charge < -0.3 is 25.0 Å². The molecule has 4 atom stereocenters. The summed E-state index contributed by atoms with van der Waals surface area (Å²) in [6, 6.07) is 10.3. The van der Waals surface area contributed by atoms with Crippen molar-refractivity contribution in [3.05, 3.63) is 47.5 Å². The van der Waals surface area contributed by atoms with E-state index in [1.165, 1.54) is 0 Å². The minimum atomic E-state index is -0.340. The number of carbonyl (C=O) groups excluding carboxylic acids is 1. The molecule has 3 aliphatic heterocycles. The van der Waals surface area contributed by atoms with Gasteiger partial charge in [-0.1, -0.05) is 12.1 Å². The van der Waals surface area contributed by atoms with Gasteiger partial charge in [-0.2, -0.15) is 5.26 Å². The number of aromatic nitrogens is 2. The maximum atomic E-state index is 12.7. The van der Waals surface area contributed by atoms with Gasteiger partial charge in [0.2, 0.25) is 11.9 Å². The molecule has 3 aliphatic rings. The number of rotatable bonds is 5. The minimum Gasteiger partial charge on any atom is -0.344 e. The molecule has 3 N–H and O–H groups in total. The summed E-state index contributed by atoms with van der Waals surface area (Å²) >= 11 is 0. The quantitative estimate of drug-likeness (QED) is 0.576. The summed E-state index contributed by atoms with van der Waals surface area (Å²) in [6.07, 6.45) is 0.916. The van der Waals surface area contributed by atoms with Crippen molar-refractivity contribution in [1.82, 2.24) is 15.3 Å². The molecule has 34 heavy (non-hydrogen) atoms. The third-order valence-electron chi connectivity index (χ3n) is 6.31. The Balaban J connectivity index is 1.37. The number of anilines is 3. The lowest BCUT2D eigenvalue weighted by Crippen LogP contribution is -2.47. The Bertz CT molecular complexity index is 1190. The molecule has 5 rings (SSSR count). The van der Waals surface area contributed by atoms with Crippen LogP contribution >= 0.6 is 0 Å². The van der Waals surface area contributed by atoms with E-state index < -0.39 is 0 Å². The van der Waals surface area contributed by atoms with Crippen molar-refractivity contribution in [3.63, 3.8) is 0 Å². The Hall–Kier alpha value is -3.52. The molecule has 0 aliphatic carbocycles. The molecule has 10 nitrogen and oxygen atoms in total. The summed E-state index contributed by atoms with van der Waals surface area (Å²) in [5.41, 5.74) is 3.52. The Labute approximate surface area is 198 Å². The number of morpholine rings is 1. The second kappa shape index (κ2) is 9.02. The number of allylic oxidation sites excluding steroid dienone is 1. The summed E-state index contributed by atoms with van der Waals surface area (Å²) < 4.78 is 11.7. The average molecular weight is 462 g/mol. The van der Waals surface area contributed by atoms with E-state index in [1.807, 2.05) is 49.9 Å². The van der Waals surface area contributed by atoms with E-state index in [0.717, 1.165) is 16.9 Å². The first-order chi connectivity index (χ1) is 16.5. The van der Waals surface area contributed by atoms with Crippen LogP contribution in [-0.4, -0.2) is 53.5 Å². The van der Waals surface area contributed by atoms with Gasteiger partial charge in [0.25, 0.3) is 0 Å². The third kappa shape index (κ3) is 3.98. The highest BCUT2D eigenvalue weighted by Crippen LogP contribution is 2.39. The molecule has 0 saturated carbocycles. The number of ether oxygens (including phenoxy) is 2. The molecule has 2 saturated heterocycles. The van der Waals surface area contributed by atoms with Gasteiger partial charge in [-0.25, -0.2) is 9.97 Å². The van der Waals surface area contributed by atoms with E-state index >= 15 is 0 Å². The van der Waals surface area contributed by atoms with Crippen molar-refractivity contribution < 1.29 is 14.3 Å². The molecule has 176 valence electrons. The van der Waals surface area contributed by atoms with Crippen LogP contribution in [0.5, 0.6) is 0 Å². The number of hydrogen-bond acceptors (Lipinski definition) is 9. The lowest BCUT2D eigenvalue weighted by molar-refractivity contribution is -0.120. The molecule has 4 heterocycles. The predicted octanol–water partition coefficient (Wildman–Crippen LogP) is 2.36. The fraction of sp³-hybridized carbons (Fsp3) is 0.417. The van der Waals surface area contributed by atoms with E-state index in [2.05, 4.69) is 32.0 Å². The van der Waals surface area contributed by atoms with Gasteiger partial charge in [-0.3, -0.25) is 10.1 Å². The molecule has 0 radical (unpaired) electrons. The smallest absolute Gasteiger partial charge is 0.229 e. The van der Waals surface area contributed by atoms with E-state index in [0.29, 0.717) is 30.2 Å². The van der Waals surface area contributed by atoms with Crippen molar-refractivity contribution in [2.75, 3.05) is 28.6 Å². The van der Waals surface area contributed by atoms with E-state index in [1.54, 1.807) is 6.20 Å². The molecule has 0 unspecified atom stereocenters. The van der Waals surface area contributed by atoms with Crippen LogP contribution in [0.1, 0.15) is 31.5 Å². The predicted molar refractivity (Wildman–Crippen MR) is 127 cm³/mol. The van der Waals surface area contributed by atoms with Gasteiger partial charge in [0.15, 0.2) is 6.29 Å². The number of carbonyl (C=O) groups is 1. The number of para-hydroxylation sites is 2. The highest BCUT2D eigenvalue weighted by Gasteiger charge is 2.43. The molecule has 1 aromatic carbocycles. The average Bonchev–Trinajstić information content (AvgIpc) is 3.37. The third-order valence-corrected chi connectivity index (χ3v) is 6.31. The topological polar surface area (TPSA) is 124 Å². The summed E-state index contributed by atoms with van der Waals surface area (Å²) in [5, 5.41) is 19.5. The van der Waals surface area contributed by atoms with Crippen molar-refractivity contribution in [3.8, 4) is 6.07 Å². The normalized spacial score (nSPS) is 26.5. The summed E-state index contributed by atoms with van der Waals surface area (Å²) in [4.78, 5) is 23.6. The zero-order chi connectivity index (χ0) is 23.8. The van der Waals surface area contributed by atoms with Gasteiger partial charge in [0.05, 0.1) is 41.7 Å². The Kier molecular flexibility index (Phi) is 5.91. The van der Waals surface area contributed by atoms with Gasteiger partial charge in [-0.05, 0) is 38.5 Å². The van der Waals surface area contributed by atoms with Crippen molar-refractivity contribution >= 4 is 28.8 Å². The Morgan fingerprint density at radius 2 is 2.18 bits per heavy atom. The van der Waals surface area contributed by atoms with Crippen molar-refractivity contribution in [2.24, 2.45) is 0 Å². The van der Waals surface area contributed by atoms with E-state index in [4.69, 9.17) is 9.47 Å². The van der Waals surface area contributed by atoms with Gasteiger partial charge in [-0.15, -0.1) is 0 Å². The van der Waals surface area contributed by atoms with Gasteiger partial charge >= 0.3 is 0 Å². The van der Waals surface area contributed by atoms with Crippen LogP contribution in [0.2, 0.25) is 0 Å². The number of nitriles is 1. The monoisotopic (exact) mass is 461 g/mol. The Morgan fingerprint density at radius 3 is 2.94 bits per heavy atom. The minimum absolute atomic E-state index is 0.0859. The van der Waals surface area contributed by atoms with Gasteiger partial charge in [0.1, 0.15) is 17.5 Å². The van der Waals surface area contributed by atoms with Gasteiger partial charge in [0, 0.05) is 19.3 Å². The molecule has 0 spiro atoms. The van der Waals surface area contributed by atoms with Crippen LogP contribution in [0.3, 0.4) is 0 Å². The van der Waals surface area contributed by atoms with Crippen LogP contribution in [0.15, 0.2) is 36.3 Å². The molecular formula is C24H27N7O3. The fourth-order valence-electron chi connectivity index (χ4n) is 4.53. The number of nitrogens with one attached hydrogen (secondary N) is 3. The molecule has 10 heteroatoms. The summed E-state index contributed by atoms with van der Waals surface area (Å²) in [7, 11) is 0. The van der Waals surface area contributed by atoms with Crippen LogP contribution in [0.4, 0.5) is 17.3 Å². The SMILES string of the molecule is CCN1/C(=C(\C#N)c2nc(NC(=O)C[C@H]3O[C@H]4O[C@H]3CN[C@@H]4C)ncc2C)Nc2ccccc21. The number of fused-ring (bicyclic) bond motifs is 3. The van der Waals surface area contributed by atoms with E-state index in [-0.39, 0.29) is 42.8 Å². The molecular weight excluding hydrogens is 434 g/mol. The van der Waals surface area contributed by atoms with Crippen molar-refractivity contribution in [1.29, 1.82) is 5.26 Å². The molecule has 2 aromatic rings. The molecule has 2 fully saturated rings. The van der Waals surface area contributed by atoms with Crippen LogP contribution in [0.25, 0.3) is 5.57 Å². The highest BCUT2D eigenvalue weighted by atomic mass is 16.7. The highest BCUT2D eigenvalue weighted by molar-refractivity contribution is 5.92. The zero-order valence-corrected chi connectivity index (χ0v) is 19.3. The number of benzene rings is 1. The standard InChI is InChI=1S/C24H27N7O3/c1-4-31-17-8-6-5-7-16(17)28-22(31)15(10-25)21-13(2)11-27-24(30-21)29-20(32)9-18-19-12-26-14(3)23(33-18)34-19/h5-8,11,14,18-19,23,26,28H,4,9,12H2,1-3H3,(H,27,29,30,32)/b22-15+/t14-,18-,19+,23+/m1/s1. The maximum Gasteiger partial charge on any atom is 0.229 e. The number of hydrogen-bond donors (Lipinski definition) is 3. The second-order valence-corrected chi connectivity index (χ2v) is 8.61. The number of nitrogens with zero attached hydrogens (tertiary/aromatic N) is 4. The summed E-state index contributed by atoms with van der Waals surface area (Å²) in [5.74, 6) is 0.540. The first-order valence-electron chi connectivity index (χ1n) is 11.4. The largest absolute Gasteiger partial charge is 0.344 e. The lowest BCUT2D eigenvalue weighted by Gasteiger charge is -2.25. The van der Waals surface area contributed by atoms with Crippen LogP contribution in [-0.2, 0) is 14.3 Å². The first kappa shape index (κ1) is 22.3.